The Hall–Kier alpha value is -3.25. The predicted molar refractivity (Wildman–Crippen MR) is 126 cm³/mol. The second-order valence-electron chi connectivity index (χ2n) is 8.30. The maximum atomic E-state index is 15.1. The second kappa shape index (κ2) is 10.3. The molecule has 1 aromatic heterocycles. The van der Waals surface area contributed by atoms with Crippen molar-refractivity contribution in [3.05, 3.63) is 51.1 Å². The van der Waals surface area contributed by atoms with E-state index in [4.69, 9.17) is 4.74 Å². The first kappa shape index (κ1) is 23.9. The molecule has 10 nitrogen and oxygen atoms in total. The molecule has 3 heterocycles. The van der Waals surface area contributed by atoms with Crippen LogP contribution in [0.3, 0.4) is 0 Å². The van der Waals surface area contributed by atoms with Gasteiger partial charge in [0.05, 0.1) is 29.4 Å². The van der Waals surface area contributed by atoms with Crippen molar-refractivity contribution in [2.45, 2.75) is 26.0 Å². The van der Waals surface area contributed by atoms with Gasteiger partial charge in [-0.25, -0.2) is 9.18 Å². The van der Waals surface area contributed by atoms with E-state index in [1.165, 1.54) is 35.3 Å². The van der Waals surface area contributed by atoms with Crippen molar-refractivity contribution in [2.75, 3.05) is 49.1 Å². The zero-order valence-electron chi connectivity index (χ0n) is 18.7. The average Bonchev–Trinajstić information content (AvgIpc) is 3.34. The number of nitrogens with zero attached hydrogens (tertiary/aromatic N) is 4. The number of ether oxygens (including phenoxy) is 1. The summed E-state index contributed by atoms with van der Waals surface area (Å²) in [4.78, 5) is 40.3. The van der Waals surface area contributed by atoms with Crippen molar-refractivity contribution in [3.8, 4) is 0 Å². The molecule has 2 amide bonds. The molecule has 1 N–H and O–H groups in total. The fourth-order valence-electron chi connectivity index (χ4n) is 4.16. The number of rotatable bonds is 7. The van der Waals surface area contributed by atoms with Crippen LogP contribution in [0.25, 0.3) is 0 Å². The van der Waals surface area contributed by atoms with Crippen LogP contribution in [-0.2, 0) is 16.1 Å². The molecule has 1 atom stereocenters. The molecule has 0 unspecified atom stereocenters. The molecule has 0 bridgehead atoms. The number of hydrogen-bond acceptors (Lipinski definition) is 8. The van der Waals surface area contributed by atoms with Crippen molar-refractivity contribution in [1.29, 1.82) is 0 Å². The number of nitrogens with one attached hydrogen (secondary N) is 1. The Kier molecular flexibility index (Phi) is 7.27. The zero-order valence-corrected chi connectivity index (χ0v) is 19.6. The van der Waals surface area contributed by atoms with Gasteiger partial charge in [0.15, 0.2) is 0 Å². The summed E-state index contributed by atoms with van der Waals surface area (Å²) in [5.41, 5.74) is 0.882. The molecule has 2 fully saturated rings. The standard InChI is InChI=1S/C22H26FN5O5S/c1-15(29)24-12-17-13-27(22(30)33-17)16-3-5-20(19(23)11-16)26-8-2-7-25(9-10-26)14-18-4-6-21(34-18)28(31)32/h3-6,11,17H,2,7-10,12-14H2,1H3,(H,24,29)/t17-/m0/s1. The lowest BCUT2D eigenvalue weighted by molar-refractivity contribution is -0.380. The van der Waals surface area contributed by atoms with Gasteiger partial charge in [-0.1, -0.05) is 11.3 Å². The Labute approximate surface area is 200 Å². The number of benzene rings is 1. The number of hydrogen-bond donors (Lipinski definition) is 1. The Morgan fingerprint density at radius 3 is 2.79 bits per heavy atom. The van der Waals surface area contributed by atoms with Crippen LogP contribution in [0.4, 0.5) is 25.6 Å². The SMILES string of the molecule is CC(=O)NC[C@H]1CN(c2ccc(N3CCCN(Cc4ccc([N+](=O)[O-])s4)CC3)c(F)c2)C(=O)O1. The Bertz CT molecular complexity index is 1080. The molecule has 0 spiro atoms. The molecule has 1 aromatic carbocycles. The van der Waals surface area contributed by atoms with E-state index in [2.05, 4.69) is 10.2 Å². The van der Waals surface area contributed by atoms with Crippen LogP contribution in [0, 0.1) is 15.9 Å². The second-order valence-corrected chi connectivity index (χ2v) is 9.45. The van der Waals surface area contributed by atoms with Gasteiger partial charge >= 0.3 is 11.1 Å². The number of halogens is 1. The molecule has 2 aromatic rings. The number of amides is 2. The lowest BCUT2D eigenvalue weighted by atomic mass is 10.2. The van der Waals surface area contributed by atoms with Gasteiger partial charge in [-0.05, 0) is 30.7 Å². The summed E-state index contributed by atoms with van der Waals surface area (Å²) in [5.74, 6) is -0.629. The molecule has 34 heavy (non-hydrogen) atoms. The minimum absolute atomic E-state index is 0.136. The van der Waals surface area contributed by atoms with Gasteiger partial charge in [-0.3, -0.25) is 24.7 Å². The van der Waals surface area contributed by atoms with Gasteiger partial charge in [0.2, 0.25) is 5.91 Å². The van der Waals surface area contributed by atoms with Crippen molar-refractivity contribution < 1.29 is 23.6 Å². The van der Waals surface area contributed by atoms with Crippen LogP contribution >= 0.6 is 11.3 Å². The molecular formula is C22H26FN5O5S. The maximum Gasteiger partial charge on any atom is 0.414 e. The van der Waals surface area contributed by atoms with Gasteiger partial charge in [-0.15, -0.1) is 0 Å². The molecule has 4 rings (SSSR count). The summed E-state index contributed by atoms with van der Waals surface area (Å²) in [6, 6.07) is 8.03. The summed E-state index contributed by atoms with van der Waals surface area (Å²) >= 11 is 1.18. The molecule has 0 radical (unpaired) electrons. The number of thiophene rings is 1. The zero-order chi connectivity index (χ0) is 24.2. The van der Waals surface area contributed by atoms with Gasteiger partial charge in [0, 0.05) is 50.6 Å². The lowest BCUT2D eigenvalue weighted by Gasteiger charge is -2.25. The highest BCUT2D eigenvalue weighted by atomic mass is 32.1. The van der Waals surface area contributed by atoms with Gasteiger partial charge in [0.1, 0.15) is 11.9 Å². The smallest absolute Gasteiger partial charge is 0.414 e. The van der Waals surface area contributed by atoms with Crippen molar-refractivity contribution >= 4 is 39.7 Å². The molecule has 182 valence electrons. The van der Waals surface area contributed by atoms with Crippen LogP contribution in [0.1, 0.15) is 18.2 Å². The molecule has 0 aliphatic carbocycles. The fourth-order valence-corrected chi connectivity index (χ4v) is 5.02. The highest BCUT2D eigenvalue weighted by Gasteiger charge is 2.33. The van der Waals surface area contributed by atoms with Crippen LogP contribution in [0.5, 0.6) is 0 Å². The van der Waals surface area contributed by atoms with E-state index in [0.29, 0.717) is 37.6 Å². The minimum atomic E-state index is -0.568. The van der Waals surface area contributed by atoms with Crippen LogP contribution < -0.4 is 15.1 Å². The Balaban J connectivity index is 1.36. The predicted octanol–water partition coefficient (Wildman–Crippen LogP) is 2.97. The van der Waals surface area contributed by atoms with E-state index in [-0.39, 0.29) is 28.9 Å². The number of carbonyl (C=O) groups is 2. The summed E-state index contributed by atoms with van der Waals surface area (Å²) in [7, 11) is 0. The van der Waals surface area contributed by atoms with E-state index >= 15 is 4.39 Å². The molecule has 0 saturated carbocycles. The molecule has 2 aliphatic heterocycles. The largest absolute Gasteiger partial charge is 0.442 e. The Morgan fingerprint density at radius 2 is 2.09 bits per heavy atom. The highest BCUT2D eigenvalue weighted by molar-refractivity contribution is 7.15. The minimum Gasteiger partial charge on any atom is -0.442 e. The number of nitro groups is 1. The number of carbonyl (C=O) groups excluding carboxylic acids is 2. The maximum absolute atomic E-state index is 15.1. The van der Waals surface area contributed by atoms with E-state index in [1.54, 1.807) is 18.2 Å². The van der Waals surface area contributed by atoms with Crippen LogP contribution in [0.2, 0.25) is 0 Å². The monoisotopic (exact) mass is 491 g/mol. The lowest BCUT2D eigenvalue weighted by Crippen LogP contribution is -2.33. The fraction of sp³-hybridized carbons (Fsp3) is 0.455. The molecular weight excluding hydrogens is 465 g/mol. The first-order chi connectivity index (χ1) is 16.3. The van der Waals surface area contributed by atoms with Crippen molar-refractivity contribution in [2.24, 2.45) is 0 Å². The first-order valence-electron chi connectivity index (χ1n) is 11.0. The highest BCUT2D eigenvalue weighted by Crippen LogP contribution is 2.29. The normalized spacial score (nSPS) is 19.1. The summed E-state index contributed by atoms with van der Waals surface area (Å²) in [5, 5.41) is 13.7. The van der Waals surface area contributed by atoms with Gasteiger partial charge < -0.3 is 15.0 Å². The average molecular weight is 492 g/mol. The van der Waals surface area contributed by atoms with E-state index in [9.17, 15) is 19.7 Å². The third kappa shape index (κ3) is 5.62. The van der Waals surface area contributed by atoms with Crippen LogP contribution in [0.15, 0.2) is 30.3 Å². The quantitative estimate of drug-likeness (QED) is 0.469. The van der Waals surface area contributed by atoms with E-state index in [0.717, 1.165) is 17.8 Å². The Morgan fingerprint density at radius 1 is 1.26 bits per heavy atom. The van der Waals surface area contributed by atoms with E-state index in [1.807, 2.05) is 4.90 Å². The van der Waals surface area contributed by atoms with Gasteiger partial charge in [0.25, 0.3) is 0 Å². The molecule has 2 saturated heterocycles. The molecule has 2 aliphatic rings. The van der Waals surface area contributed by atoms with Gasteiger partial charge in [-0.2, -0.15) is 0 Å². The molecule has 12 heteroatoms. The van der Waals surface area contributed by atoms with Crippen LogP contribution in [-0.4, -0.2) is 67.2 Å². The first-order valence-corrected chi connectivity index (χ1v) is 11.8. The third-order valence-corrected chi connectivity index (χ3v) is 6.85. The topological polar surface area (TPSA) is 108 Å². The summed E-state index contributed by atoms with van der Waals surface area (Å²) in [6.45, 7) is 5.28. The third-order valence-electron chi connectivity index (χ3n) is 5.83. The number of anilines is 2. The van der Waals surface area contributed by atoms with E-state index < -0.39 is 18.0 Å². The summed E-state index contributed by atoms with van der Waals surface area (Å²) in [6.07, 6.45) is -0.222. The van der Waals surface area contributed by atoms with Crippen molar-refractivity contribution in [3.63, 3.8) is 0 Å². The van der Waals surface area contributed by atoms with Crippen molar-refractivity contribution in [1.82, 2.24) is 10.2 Å². The summed E-state index contributed by atoms with van der Waals surface area (Å²) < 4.78 is 20.3. The number of cyclic esters (lactones) is 1.